The number of hydrogen-bond donors (Lipinski definition) is 2. The number of aliphatic hydroxyl groups is 1. The topological polar surface area (TPSA) is 41.5 Å². The van der Waals surface area contributed by atoms with Crippen LogP contribution in [0.1, 0.15) is 44.3 Å². The largest absolute Gasteiger partial charge is 0.494 e. The van der Waals surface area contributed by atoms with Gasteiger partial charge in [0.1, 0.15) is 5.75 Å². The van der Waals surface area contributed by atoms with Crippen LogP contribution in [0.15, 0.2) is 24.3 Å². The van der Waals surface area contributed by atoms with Gasteiger partial charge in [0, 0.05) is 6.04 Å². The molecule has 1 aliphatic heterocycles. The predicted molar refractivity (Wildman–Crippen MR) is 79.8 cm³/mol. The molecule has 1 aromatic rings. The number of fused-ring (bicyclic) bond motifs is 1. The first-order chi connectivity index (χ1) is 9.78. The van der Waals surface area contributed by atoms with Crippen molar-refractivity contribution in [3.8, 4) is 5.75 Å². The number of benzene rings is 1. The van der Waals surface area contributed by atoms with Crippen LogP contribution in [0.4, 0.5) is 0 Å². The zero-order chi connectivity index (χ0) is 13.9. The third kappa shape index (κ3) is 2.84. The van der Waals surface area contributed by atoms with Gasteiger partial charge in [-0.2, -0.15) is 0 Å². The van der Waals surface area contributed by atoms with E-state index in [1.54, 1.807) is 0 Å². The maximum atomic E-state index is 10.4. The summed E-state index contributed by atoms with van der Waals surface area (Å²) in [5, 5.41) is 14.0. The van der Waals surface area contributed by atoms with E-state index in [9.17, 15) is 5.11 Å². The van der Waals surface area contributed by atoms with Crippen molar-refractivity contribution in [2.75, 3.05) is 13.2 Å². The molecular weight excluding hydrogens is 250 g/mol. The smallest absolute Gasteiger partial charge is 0.119 e. The fourth-order valence-corrected chi connectivity index (χ4v) is 3.89. The van der Waals surface area contributed by atoms with Crippen LogP contribution in [0, 0.1) is 11.8 Å². The van der Waals surface area contributed by atoms with E-state index in [-0.39, 0.29) is 6.10 Å². The predicted octanol–water partition coefficient (Wildman–Crippen LogP) is 2.90. The van der Waals surface area contributed by atoms with Crippen molar-refractivity contribution in [2.45, 2.75) is 44.8 Å². The first-order valence-corrected chi connectivity index (χ1v) is 7.92. The summed E-state index contributed by atoms with van der Waals surface area (Å²) in [7, 11) is 0. The van der Waals surface area contributed by atoms with E-state index >= 15 is 0 Å². The molecule has 4 atom stereocenters. The van der Waals surface area contributed by atoms with Gasteiger partial charge in [-0.15, -0.1) is 0 Å². The summed E-state index contributed by atoms with van der Waals surface area (Å²) in [4.78, 5) is 0. The van der Waals surface area contributed by atoms with Crippen LogP contribution in [0.3, 0.4) is 0 Å². The third-order valence-electron chi connectivity index (χ3n) is 4.93. The number of aliphatic hydroxyl groups excluding tert-OH is 1. The minimum atomic E-state index is -0.373. The monoisotopic (exact) mass is 275 g/mol. The molecule has 0 radical (unpaired) electrons. The van der Waals surface area contributed by atoms with Gasteiger partial charge in [0.25, 0.3) is 0 Å². The van der Waals surface area contributed by atoms with E-state index in [1.807, 2.05) is 31.2 Å². The van der Waals surface area contributed by atoms with Crippen molar-refractivity contribution in [1.29, 1.82) is 0 Å². The molecule has 0 bridgehead atoms. The van der Waals surface area contributed by atoms with Gasteiger partial charge < -0.3 is 15.2 Å². The Hall–Kier alpha value is -1.06. The highest BCUT2D eigenvalue weighted by Gasteiger charge is 2.39. The summed E-state index contributed by atoms with van der Waals surface area (Å²) in [6, 6.07) is 8.35. The van der Waals surface area contributed by atoms with E-state index in [2.05, 4.69) is 5.32 Å². The van der Waals surface area contributed by atoms with Crippen LogP contribution in [0.25, 0.3) is 0 Å². The molecule has 0 aromatic heterocycles. The Labute approximate surface area is 121 Å². The molecule has 3 heteroatoms. The molecular formula is C17H25NO2. The first-order valence-electron chi connectivity index (χ1n) is 7.92. The number of hydrogen-bond acceptors (Lipinski definition) is 3. The molecule has 1 aromatic carbocycles. The summed E-state index contributed by atoms with van der Waals surface area (Å²) in [5.74, 6) is 2.51. The van der Waals surface area contributed by atoms with Crippen LogP contribution in [0.5, 0.6) is 5.75 Å². The molecule has 0 spiro atoms. The van der Waals surface area contributed by atoms with Gasteiger partial charge >= 0.3 is 0 Å². The summed E-state index contributed by atoms with van der Waals surface area (Å²) >= 11 is 0. The van der Waals surface area contributed by atoms with Crippen molar-refractivity contribution in [2.24, 2.45) is 11.8 Å². The average Bonchev–Trinajstić information content (AvgIpc) is 3.05. The van der Waals surface area contributed by atoms with Crippen molar-refractivity contribution in [1.82, 2.24) is 5.32 Å². The highest BCUT2D eigenvalue weighted by atomic mass is 16.5. The summed E-state index contributed by atoms with van der Waals surface area (Å²) in [6.07, 6.45) is 4.52. The fraction of sp³-hybridized carbons (Fsp3) is 0.647. The Kier molecular flexibility index (Phi) is 4.27. The lowest BCUT2D eigenvalue weighted by Gasteiger charge is -2.21. The average molecular weight is 275 g/mol. The van der Waals surface area contributed by atoms with Crippen LogP contribution >= 0.6 is 0 Å². The molecule has 2 fully saturated rings. The van der Waals surface area contributed by atoms with Gasteiger partial charge in [-0.25, -0.2) is 0 Å². The van der Waals surface area contributed by atoms with Gasteiger partial charge in [-0.05, 0) is 62.3 Å². The minimum absolute atomic E-state index is 0.373. The molecule has 110 valence electrons. The molecule has 3 nitrogen and oxygen atoms in total. The highest BCUT2D eigenvalue weighted by Crippen LogP contribution is 2.40. The SMILES string of the molecule is CCOc1ccc(C(O)CC2NCC3CCCC32)cc1. The van der Waals surface area contributed by atoms with Crippen LogP contribution < -0.4 is 10.1 Å². The second-order valence-electron chi connectivity index (χ2n) is 6.12. The van der Waals surface area contributed by atoms with E-state index < -0.39 is 0 Å². The Morgan fingerprint density at radius 3 is 2.85 bits per heavy atom. The molecule has 0 amide bonds. The molecule has 20 heavy (non-hydrogen) atoms. The van der Waals surface area contributed by atoms with Crippen LogP contribution in [-0.2, 0) is 0 Å². The maximum absolute atomic E-state index is 10.4. The maximum Gasteiger partial charge on any atom is 0.119 e. The standard InChI is InChI=1S/C17H25NO2/c1-2-20-14-8-6-12(7-9-14)17(19)10-16-15-5-3-4-13(15)11-18-16/h6-9,13,15-19H,2-5,10-11H2,1H3. The molecule has 1 heterocycles. The van der Waals surface area contributed by atoms with E-state index in [4.69, 9.17) is 4.74 Å². The summed E-state index contributed by atoms with van der Waals surface area (Å²) in [5.41, 5.74) is 0.997. The minimum Gasteiger partial charge on any atom is -0.494 e. The Balaban J connectivity index is 1.59. The number of rotatable bonds is 5. The van der Waals surface area contributed by atoms with Crippen LogP contribution in [-0.4, -0.2) is 24.3 Å². The van der Waals surface area contributed by atoms with Crippen molar-refractivity contribution in [3.63, 3.8) is 0 Å². The second-order valence-corrected chi connectivity index (χ2v) is 6.12. The summed E-state index contributed by atoms with van der Waals surface area (Å²) < 4.78 is 5.44. The quantitative estimate of drug-likeness (QED) is 0.868. The lowest BCUT2D eigenvalue weighted by Crippen LogP contribution is -2.28. The molecule has 4 unspecified atom stereocenters. The Morgan fingerprint density at radius 2 is 2.10 bits per heavy atom. The Morgan fingerprint density at radius 1 is 1.30 bits per heavy atom. The first kappa shape index (κ1) is 13.9. The lowest BCUT2D eigenvalue weighted by atomic mass is 9.89. The molecule has 1 saturated heterocycles. The van der Waals surface area contributed by atoms with E-state index in [1.165, 1.54) is 19.3 Å². The second kappa shape index (κ2) is 6.15. The highest BCUT2D eigenvalue weighted by molar-refractivity contribution is 5.28. The molecule has 1 aliphatic carbocycles. The zero-order valence-corrected chi connectivity index (χ0v) is 12.2. The van der Waals surface area contributed by atoms with Gasteiger partial charge in [0.05, 0.1) is 12.7 Å². The Bertz CT molecular complexity index is 431. The van der Waals surface area contributed by atoms with Crippen molar-refractivity contribution in [3.05, 3.63) is 29.8 Å². The molecule has 3 rings (SSSR count). The van der Waals surface area contributed by atoms with Gasteiger partial charge in [-0.1, -0.05) is 18.6 Å². The molecule has 2 N–H and O–H groups in total. The fourth-order valence-electron chi connectivity index (χ4n) is 3.89. The van der Waals surface area contributed by atoms with E-state index in [0.29, 0.717) is 12.6 Å². The van der Waals surface area contributed by atoms with Crippen LogP contribution in [0.2, 0.25) is 0 Å². The van der Waals surface area contributed by atoms with Crippen molar-refractivity contribution >= 4 is 0 Å². The molecule has 1 saturated carbocycles. The summed E-state index contributed by atoms with van der Waals surface area (Å²) in [6.45, 7) is 3.80. The zero-order valence-electron chi connectivity index (χ0n) is 12.2. The molecule has 2 aliphatic rings. The van der Waals surface area contributed by atoms with Gasteiger partial charge in [0.2, 0.25) is 0 Å². The lowest BCUT2D eigenvalue weighted by molar-refractivity contribution is 0.145. The third-order valence-corrected chi connectivity index (χ3v) is 4.93. The normalized spacial score (nSPS) is 30.2. The van der Waals surface area contributed by atoms with Gasteiger partial charge in [-0.3, -0.25) is 0 Å². The van der Waals surface area contributed by atoms with Gasteiger partial charge in [0.15, 0.2) is 0 Å². The number of nitrogens with one attached hydrogen (secondary N) is 1. The van der Waals surface area contributed by atoms with Crippen molar-refractivity contribution < 1.29 is 9.84 Å². The number of ether oxygens (including phenoxy) is 1. The van der Waals surface area contributed by atoms with E-state index in [0.717, 1.165) is 36.1 Å².